The van der Waals surface area contributed by atoms with E-state index in [1.807, 2.05) is 24.3 Å². The molecule has 2 aliphatic rings. The number of halogens is 2. The fraction of sp³-hybridized carbons (Fsp3) is 0.391. The SMILES string of the molecule is N#Cc1ccccc1CN1CCC2(CCCN(Cc3ccc(F)c(F)c3)C2=O)C1. The standard InChI is InChI=1S/C23H23F2N3O/c24-20-7-6-17(12-21(20)25)14-28-10-3-8-23(22(28)29)9-11-27(16-23)15-19-5-2-1-4-18(19)13-26/h1-2,4-7,12H,3,8-11,14-16H2. The number of hydrogen-bond donors (Lipinski definition) is 0. The highest BCUT2D eigenvalue weighted by atomic mass is 19.2. The molecule has 0 N–H and O–H groups in total. The van der Waals surface area contributed by atoms with E-state index in [4.69, 9.17) is 0 Å². The van der Waals surface area contributed by atoms with E-state index in [1.54, 1.807) is 4.90 Å². The Hall–Kier alpha value is -2.78. The molecule has 0 bridgehead atoms. The lowest BCUT2D eigenvalue weighted by Gasteiger charge is -2.39. The molecule has 2 aliphatic heterocycles. The van der Waals surface area contributed by atoms with Gasteiger partial charge in [-0.3, -0.25) is 9.69 Å². The summed E-state index contributed by atoms with van der Waals surface area (Å²) < 4.78 is 26.7. The molecular weight excluding hydrogens is 372 g/mol. The molecule has 4 nitrogen and oxygen atoms in total. The van der Waals surface area contributed by atoms with Crippen LogP contribution in [0.4, 0.5) is 8.78 Å². The highest BCUT2D eigenvalue weighted by molar-refractivity contribution is 5.84. The maximum Gasteiger partial charge on any atom is 0.230 e. The van der Waals surface area contributed by atoms with Crippen molar-refractivity contribution in [3.8, 4) is 6.07 Å². The number of carbonyl (C=O) groups is 1. The Labute approximate surface area is 169 Å². The third-order valence-electron chi connectivity index (χ3n) is 6.15. The van der Waals surface area contributed by atoms with Crippen LogP contribution in [0, 0.1) is 28.4 Å². The molecule has 0 radical (unpaired) electrons. The van der Waals surface area contributed by atoms with Crippen molar-refractivity contribution in [2.75, 3.05) is 19.6 Å². The molecular formula is C23H23F2N3O. The van der Waals surface area contributed by atoms with E-state index in [9.17, 15) is 18.8 Å². The number of piperidine rings is 1. The van der Waals surface area contributed by atoms with Gasteiger partial charge in [-0.05, 0) is 55.1 Å². The predicted octanol–water partition coefficient (Wildman–Crippen LogP) is 3.85. The number of rotatable bonds is 4. The van der Waals surface area contributed by atoms with Gasteiger partial charge in [-0.25, -0.2) is 8.78 Å². The van der Waals surface area contributed by atoms with Crippen molar-refractivity contribution < 1.29 is 13.6 Å². The summed E-state index contributed by atoms with van der Waals surface area (Å²) in [7, 11) is 0. The molecule has 0 aliphatic carbocycles. The van der Waals surface area contributed by atoms with Crippen LogP contribution in [0.15, 0.2) is 42.5 Å². The topological polar surface area (TPSA) is 47.3 Å². The monoisotopic (exact) mass is 395 g/mol. The number of nitrogens with zero attached hydrogens (tertiary/aromatic N) is 3. The van der Waals surface area contributed by atoms with E-state index in [0.29, 0.717) is 37.3 Å². The number of likely N-dealkylation sites (tertiary alicyclic amines) is 2. The lowest BCUT2D eigenvalue weighted by molar-refractivity contribution is -0.146. The lowest BCUT2D eigenvalue weighted by atomic mass is 9.78. The molecule has 1 unspecified atom stereocenters. The molecule has 1 spiro atoms. The summed E-state index contributed by atoms with van der Waals surface area (Å²) >= 11 is 0. The second-order valence-electron chi connectivity index (χ2n) is 8.09. The molecule has 2 aromatic carbocycles. The van der Waals surface area contributed by atoms with Gasteiger partial charge in [0.05, 0.1) is 17.0 Å². The Bertz CT molecular complexity index is 971. The van der Waals surface area contributed by atoms with Gasteiger partial charge in [-0.15, -0.1) is 0 Å². The quantitative estimate of drug-likeness (QED) is 0.790. The predicted molar refractivity (Wildman–Crippen MR) is 104 cm³/mol. The molecule has 29 heavy (non-hydrogen) atoms. The Balaban J connectivity index is 1.46. The number of carbonyl (C=O) groups excluding carboxylic acids is 1. The van der Waals surface area contributed by atoms with Gasteiger partial charge >= 0.3 is 0 Å². The first kappa shape index (κ1) is 19.5. The molecule has 4 rings (SSSR count). The normalized spacial score (nSPS) is 22.2. The largest absolute Gasteiger partial charge is 0.338 e. The molecule has 2 saturated heterocycles. The number of hydrogen-bond acceptors (Lipinski definition) is 3. The van der Waals surface area contributed by atoms with Crippen molar-refractivity contribution in [1.82, 2.24) is 9.80 Å². The van der Waals surface area contributed by atoms with E-state index in [-0.39, 0.29) is 5.91 Å². The number of benzene rings is 2. The molecule has 6 heteroatoms. The van der Waals surface area contributed by atoms with Crippen LogP contribution in [0.2, 0.25) is 0 Å². The fourth-order valence-electron chi connectivity index (χ4n) is 4.64. The van der Waals surface area contributed by atoms with Crippen LogP contribution in [-0.4, -0.2) is 35.3 Å². The third kappa shape index (κ3) is 3.88. The van der Waals surface area contributed by atoms with Gasteiger partial charge in [0.25, 0.3) is 0 Å². The fourth-order valence-corrected chi connectivity index (χ4v) is 4.64. The van der Waals surface area contributed by atoms with E-state index in [1.165, 1.54) is 12.1 Å². The minimum absolute atomic E-state index is 0.101. The summed E-state index contributed by atoms with van der Waals surface area (Å²) in [4.78, 5) is 17.3. The van der Waals surface area contributed by atoms with Crippen LogP contribution in [0.1, 0.15) is 36.0 Å². The Morgan fingerprint density at radius 3 is 2.66 bits per heavy atom. The highest BCUT2D eigenvalue weighted by Gasteiger charge is 2.48. The summed E-state index contributed by atoms with van der Waals surface area (Å²) in [5, 5.41) is 9.31. The molecule has 0 saturated carbocycles. The average Bonchev–Trinajstić information content (AvgIpc) is 3.12. The van der Waals surface area contributed by atoms with Crippen LogP contribution in [-0.2, 0) is 17.9 Å². The Morgan fingerprint density at radius 1 is 1.03 bits per heavy atom. The van der Waals surface area contributed by atoms with E-state index in [2.05, 4.69) is 11.0 Å². The second-order valence-corrected chi connectivity index (χ2v) is 8.09. The van der Waals surface area contributed by atoms with Crippen molar-refractivity contribution in [3.63, 3.8) is 0 Å². The highest BCUT2D eigenvalue weighted by Crippen LogP contribution is 2.41. The zero-order valence-corrected chi connectivity index (χ0v) is 16.2. The second kappa shape index (κ2) is 7.92. The molecule has 1 atom stereocenters. The minimum Gasteiger partial charge on any atom is -0.338 e. The van der Waals surface area contributed by atoms with E-state index >= 15 is 0 Å². The molecule has 2 aromatic rings. The van der Waals surface area contributed by atoms with Crippen molar-refractivity contribution in [2.45, 2.75) is 32.4 Å². The molecule has 1 amide bonds. The smallest absolute Gasteiger partial charge is 0.230 e. The van der Waals surface area contributed by atoms with Crippen LogP contribution in [0.3, 0.4) is 0 Å². The summed E-state index contributed by atoms with van der Waals surface area (Å²) in [6.45, 7) is 3.07. The van der Waals surface area contributed by atoms with Crippen molar-refractivity contribution in [1.29, 1.82) is 5.26 Å². The van der Waals surface area contributed by atoms with Crippen LogP contribution >= 0.6 is 0 Å². The van der Waals surface area contributed by atoms with Crippen LogP contribution < -0.4 is 0 Å². The van der Waals surface area contributed by atoms with Gasteiger partial charge in [-0.1, -0.05) is 24.3 Å². The van der Waals surface area contributed by atoms with Gasteiger partial charge in [0.1, 0.15) is 0 Å². The zero-order valence-electron chi connectivity index (χ0n) is 16.2. The van der Waals surface area contributed by atoms with E-state index in [0.717, 1.165) is 37.4 Å². The summed E-state index contributed by atoms with van der Waals surface area (Å²) in [5.41, 5.74) is 1.84. The van der Waals surface area contributed by atoms with Gasteiger partial charge in [0.2, 0.25) is 5.91 Å². The first-order valence-electron chi connectivity index (χ1n) is 9.94. The molecule has 2 fully saturated rings. The average molecular weight is 395 g/mol. The van der Waals surface area contributed by atoms with Crippen LogP contribution in [0.25, 0.3) is 0 Å². The van der Waals surface area contributed by atoms with Crippen molar-refractivity contribution in [2.24, 2.45) is 5.41 Å². The first-order chi connectivity index (χ1) is 14.0. The summed E-state index contributed by atoms with van der Waals surface area (Å²) in [6.07, 6.45) is 2.53. The number of amides is 1. The van der Waals surface area contributed by atoms with E-state index < -0.39 is 17.0 Å². The Kier molecular flexibility index (Phi) is 5.33. The van der Waals surface area contributed by atoms with Gasteiger partial charge in [0.15, 0.2) is 11.6 Å². The summed E-state index contributed by atoms with van der Waals surface area (Å²) in [5.74, 6) is -1.66. The third-order valence-corrected chi connectivity index (χ3v) is 6.15. The molecule has 2 heterocycles. The van der Waals surface area contributed by atoms with Crippen molar-refractivity contribution >= 4 is 5.91 Å². The van der Waals surface area contributed by atoms with Crippen LogP contribution in [0.5, 0.6) is 0 Å². The maximum atomic E-state index is 13.5. The first-order valence-corrected chi connectivity index (χ1v) is 9.94. The van der Waals surface area contributed by atoms with Gasteiger partial charge < -0.3 is 4.90 Å². The maximum absolute atomic E-state index is 13.5. The minimum atomic E-state index is -0.884. The van der Waals surface area contributed by atoms with Crippen molar-refractivity contribution in [3.05, 3.63) is 70.8 Å². The van der Waals surface area contributed by atoms with Gasteiger partial charge in [-0.2, -0.15) is 5.26 Å². The molecule has 150 valence electrons. The number of nitriles is 1. The van der Waals surface area contributed by atoms with Gasteiger partial charge in [0, 0.05) is 26.2 Å². The zero-order chi connectivity index (χ0) is 20.4. The Morgan fingerprint density at radius 2 is 1.86 bits per heavy atom. The molecule has 0 aromatic heterocycles. The lowest BCUT2D eigenvalue weighted by Crippen LogP contribution is -2.49. The summed E-state index contributed by atoms with van der Waals surface area (Å²) in [6, 6.07) is 13.6.